The van der Waals surface area contributed by atoms with Gasteiger partial charge in [-0.1, -0.05) is 48.5 Å². The van der Waals surface area contributed by atoms with Gasteiger partial charge in [-0.3, -0.25) is 0 Å². The van der Waals surface area contributed by atoms with Gasteiger partial charge in [-0.15, -0.1) is 0 Å². The molecular weight excluding hydrogens is 194 g/mol. The summed E-state index contributed by atoms with van der Waals surface area (Å²) in [5.41, 5.74) is 2.04. The molecule has 2 aromatic rings. The Hall–Kier alpha value is -2.07. The molecule has 2 aromatic carbocycles. The van der Waals surface area contributed by atoms with Gasteiger partial charge in [0.2, 0.25) is 0 Å². The number of benzene rings is 2. The largest absolute Gasteiger partial charge is 0.193 e. The predicted molar refractivity (Wildman–Crippen MR) is 67.0 cm³/mol. The van der Waals surface area contributed by atoms with Crippen molar-refractivity contribution in [2.45, 2.75) is 13.3 Å². The third-order valence-corrected chi connectivity index (χ3v) is 2.68. The molecule has 0 radical (unpaired) electrons. The van der Waals surface area contributed by atoms with E-state index in [1.54, 1.807) is 0 Å². The Balaban J connectivity index is 2.42. The second-order valence-corrected chi connectivity index (χ2v) is 3.84. The van der Waals surface area contributed by atoms with E-state index >= 15 is 0 Å². The Morgan fingerprint density at radius 3 is 2.75 bits per heavy atom. The first-order chi connectivity index (χ1) is 7.81. The second-order valence-electron chi connectivity index (χ2n) is 3.84. The SMILES string of the molecule is C/C(C#N)=C/Cc1cccc2ccccc12. The first-order valence-corrected chi connectivity index (χ1v) is 5.35. The molecule has 0 saturated carbocycles. The highest BCUT2D eigenvalue weighted by Gasteiger charge is 1.98. The maximum Gasteiger partial charge on any atom is 0.0940 e. The van der Waals surface area contributed by atoms with Gasteiger partial charge in [0.15, 0.2) is 0 Å². The standard InChI is InChI=1S/C15H13N/c1-12(11-16)9-10-14-7-4-6-13-5-2-3-8-15(13)14/h2-9H,10H2,1H3/b12-9-. The zero-order valence-corrected chi connectivity index (χ0v) is 9.27. The van der Waals surface area contributed by atoms with Crippen LogP contribution >= 0.6 is 0 Å². The van der Waals surface area contributed by atoms with E-state index in [1.165, 1.54) is 16.3 Å². The number of nitrogens with zero attached hydrogens (tertiary/aromatic N) is 1. The molecule has 0 heterocycles. The van der Waals surface area contributed by atoms with Gasteiger partial charge in [0.25, 0.3) is 0 Å². The quantitative estimate of drug-likeness (QED) is 0.686. The second kappa shape index (κ2) is 4.63. The first-order valence-electron chi connectivity index (χ1n) is 5.35. The van der Waals surface area contributed by atoms with Crippen LogP contribution in [0.2, 0.25) is 0 Å². The molecule has 0 spiro atoms. The molecule has 0 N–H and O–H groups in total. The highest BCUT2D eigenvalue weighted by Crippen LogP contribution is 2.19. The van der Waals surface area contributed by atoms with Gasteiger partial charge in [0.05, 0.1) is 6.07 Å². The molecule has 0 atom stereocenters. The van der Waals surface area contributed by atoms with Crippen LogP contribution in [-0.4, -0.2) is 0 Å². The number of hydrogen-bond acceptors (Lipinski definition) is 1. The highest BCUT2D eigenvalue weighted by molar-refractivity contribution is 5.85. The van der Waals surface area contributed by atoms with Gasteiger partial charge in [0, 0.05) is 5.57 Å². The van der Waals surface area contributed by atoms with Gasteiger partial charge in [0.1, 0.15) is 0 Å². The summed E-state index contributed by atoms with van der Waals surface area (Å²) in [4.78, 5) is 0. The molecule has 0 bridgehead atoms. The van der Waals surface area contributed by atoms with E-state index < -0.39 is 0 Å². The lowest BCUT2D eigenvalue weighted by atomic mass is 10.0. The van der Waals surface area contributed by atoms with Crippen LogP contribution in [0.3, 0.4) is 0 Å². The fourth-order valence-corrected chi connectivity index (χ4v) is 1.78. The molecule has 0 fully saturated rings. The molecule has 0 saturated heterocycles. The third-order valence-electron chi connectivity index (χ3n) is 2.68. The van der Waals surface area contributed by atoms with Crippen molar-refractivity contribution in [2.24, 2.45) is 0 Å². The van der Waals surface area contributed by atoms with Crippen molar-refractivity contribution in [2.75, 3.05) is 0 Å². The van der Waals surface area contributed by atoms with Crippen molar-refractivity contribution in [3.8, 4) is 6.07 Å². The molecule has 1 heteroatoms. The summed E-state index contributed by atoms with van der Waals surface area (Å²) in [6, 6.07) is 16.8. The van der Waals surface area contributed by atoms with Crippen LogP contribution in [0.1, 0.15) is 12.5 Å². The minimum Gasteiger partial charge on any atom is -0.193 e. The smallest absolute Gasteiger partial charge is 0.0940 e. The molecule has 0 aromatic heterocycles. The van der Waals surface area contributed by atoms with Crippen LogP contribution in [0, 0.1) is 11.3 Å². The van der Waals surface area contributed by atoms with Crippen molar-refractivity contribution in [3.05, 3.63) is 59.7 Å². The monoisotopic (exact) mass is 207 g/mol. The molecule has 0 aliphatic heterocycles. The minimum atomic E-state index is 0.771. The summed E-state index contributed by atoms with van der Waals surface area (Å²) in [5, 5.41) is 11.2. The Morgan fingerprint density at radius 1 is 1.19 bits per heavy atom. The molecule has 78 valence electrons. The molecule has 2 rings (SSSR count). The Bertz CT molecular complexity index is 568. The number of rotatable bonds is 2. The van der Waals surface area contributed by atoms with Crippen LogP contribution in [0.4, 0.5) is 0 Å². The maximum absolute atomic E-state index is 8.71. The molecular formula is C15H13N. The summed E-state index contributed by atoms with van der Waals surface area (Å²) in [7, 11) is 0. The van der Waals surface area contributed by atoms with Gasteiger partial charge in [-0.2, -0.15) is 5.26 Å². The van der Waals surface area contributed by atoms with Crippen molar-refractivity contribution in [3.63, 3.8) is 0 Å². The maximum atomic E-state index is 8.71. The lowest BCUT2D eigenvalue weighted by Gasteiger charge is -2.03. The zero-order valence-electron chi connectivity index (χ0n) is 9.27. The van der Waals surface area contributed by atoms with Crippen LogP contribution in [-0.2, 0) is 6.42 Å². The lowest BCUT2D eigenvalue weighted by molar-refractivity contribution is 1.26. The van der Waals surface area contributed by atoms with Gasteiger partial charge in [-0.05, 0) is 29.7 Å². The van der Waals surface area contributed by atoms with Crippen molar-refractivity contribution in [1.29, 1.82) is 5.26 Å². The summed E-state index contributed by atoms with van der Waals surface area (Å²) in [6.07, 6.45) is 2.79. The Morgan fingerprint density at radius 2 is 1.94 bits per heavy atom. The summed E-state index contributed by atoms with van der Waals surface area (Å²) >= 11 is 0. The average molecular weight is 207 g/mol. The molecule has 0 amide bonds. The van der Waals surface area contributed by atoms with E-state index in [0.717, 1.165) is 12.0 Å². The highest BCUT2D eigenvalue weighted by atomic mass is 14.2. The number of allylic oxidation sites excluding steroid dienone is 2. The van der Waals surface area contributed by atoms with E-state index in [1.807, 2.05) is 25.1 Å². The van der Waals surface area contributed by atoms with Crippen LogP contribution in [0.15, 0.2) is 54.1 Å². The fraction of sp³-hybridized carbons (Fsp3) is 0.133. The van der Waals surface area contributed by atoms with E-state index in [4.69, 9.17) is 5.26 Å². The van der Waals surface area contributed by atoms with E-state index in [9.17, 15) is 0 Å². The number of fused-ring (bicyclic) bond motifs is 1. The first kappa shape index (κ1) is 10.4. The number of hydrogen-bond donors (Lipinski definition) is 0. The summed E-state index contributed by atoms with van der Waals surface area (Å²) in [6.45, 7) is 1.84. The Labute approximate surface area is 95.6 Å². The lowest BCUT2D eigenvalue weighted by Crippen LogP contribution is -1.84. The third kappa shape index (κ3) is 2.12. The zero-order chi connectivity index (χ0) is 11.4. The van der Waals surface area contributed by atoms with Gasteiger partial charge in [-0.25, -0.2) is 0 Å². The van der Waals surface area contributed by atoms with Gasteiger partial charge < -0.3 is 0 Å². The average Bonchev–Trinajstić information content (AvgIpc) is 2.35. The Kier molecular flexibility index (Phi) is 3.03. The van der Waals surface area contributed by atoms with Crippen molar-refractivity contribution < 1.29 is 0 Å². The predicted octanol–water partition coefficient (Wildman–Crippen LogP) is 3.85. The normalized spacial score (nSPS) is 11.4. The van der Waals surface area contributed by atoms with Crippen molar-refractivity contribution >= 4 is 10.8 Å². The van der Waals surface area contributed by atoms with Crippen LogP contribution in [0.25, 0.3) is 10.8 Å². The molecule has 16 heavy (non-hydrogen) atoms. The molecule has 1 nitrogen and oxygen atoms in total. The molecule has 0 aliphatic carbocycles. The van der Waals surface area contributed by atoms with Crippen molar-refractivity contribution in [1.82, 2.24) is 0 Å². The molecule has 0 unspecified atom stereocenters. The van der Waals surface area contributed by atoms with E-state index in [0.29, 0.717) is 0 Å². The van der Waals surface area contributed by atoms with Gasteiger partial charge >= 0.3 is 0 Å². The summed E-state index contributed by atoms with van der Waals surface area (Å²) < 4.78 is 0. The van der Waals surface area contributed by atoms with Crippen LogP contribution in [0.5, 0.6) is 0 Å². The minimum absolute atomic E-state index is 0.771. The summed E-state index contributed by atoms with van der Waals surface area (Å²) in [5.74, 6) is 0. The molecule has 0 aliphatic rings. The topological polar surface area (TPSA) is 23.8 Å². The fourth-order valence-electron chi connectivity index (χ4n) is 1.78. The van der Waals surface area contributed by atoms with Crippen LogP contribution < -0.4 is 0 Å². The number of nitriles is 1. The van der Waals surface area contributed by atoms with E-state index in [2.05, 4.69) is 36.4 Å². The van der Waals surface area contributed by atoms with E-state index in [-0.39, 0.29) is 0 Å².